The Kier molecular flexibility index (Phi) is 7.44. The zero-order chi connectivity index (χ0) is 21.0. The van der Waals surface area contributed by atoms with E-state index in [0.717, 1.165) is 31.4 Å². The van der Waals surface area contributed by atoms with Crippen molar-refractivity contribution in [2.75, 3.05) is 19.7 Å². The highest BCUT2D eigenvalue weighted by atomic mass is 16.5. The van der Waals surface area contributed by atoms with Crippen LogP contribution in [0.1, 0.15) is 78.6 Å². The van der Waals surface area contributed by atoms with Crippen molar-refractivity contribution in [3.05, 3.63) is 22.5 Å². The number of Topliss-reactive ketones (excluding diaryl/α,β-unsaturated/α-hetero) is 1. The van der Waals surface area contributed by atoms with Crippen molar-refractivity contribution < 1.29 is 19.1 Å². The summed E-state index contributed by atoms with van der Waals surface area (Å²) in [5.41, 5.74) is 2.28. The first-order valence-corrected chi connectivity index (χ1v) is 10.3. The summed E-state index contributed by atoms with van der Waals surface area (Å²) in [6.07, 6.45) is 4.00. The van der Waals surface area contributed by atoms with Crippen LogP contribution in [0.3, 0.4) is 0 Å². The molecule has 1 fully saturated rings. The summed E-state index contributed by atoms with van der Waals surface area (Å²) in [6, 6.07) is 0. The van der Waals surface area contributed by atoms with Crippen LogP contribution in [-0.4, -0.2) is 46.8 Å². The Labute approximate surface area is 168 Å². The van der Waals surface area contributed by atoms with Crippen molar-refractivity contribution in [1.82, 2.24) is 9.47 Å². The first-order chi connectivity index (χ1) is 13.2. The van der Waals surface area contributed by atoms with Gasteiger partial charge in [0, 0.05) is 30.8 Å². The van der Waals surface area contributed by atoms with Gasteiger partial charge in [-0.15, -0.1) is 0 Å². The average Bonchev–Trinajstić information content (AvgIpc) is 3.21. The number of rotatable bonds is 8. The summed E-state index contributed by atoms with van der Waals surface area (Å²) in [5.74, 6) is -0.124. The number of ether oxygens (including phenoxy) is 1. The third-order valence-corrected chi connectivity index (χ3v) is 5.61. The largest absolute Gasteiger partial charge is 0.461 e. The van der Waals surface area contributed by atoms with E-state index in [1.807, 2.05) is 6.92 Å². The van der Waals surface area contributed by atoms with Gasteiger partial charge in [0.15, 0.2) is 5.78 Å². The molecule has 0 unspecified atom stereocenters. The first kappa shape index (κ1) is 22.2. The maximum Gasteiger partial charge on any atom is 0.355 e. The number of amides is 1. The second-order valence-electron chi connectivity index (χ2n) is 8.23. The van der Waals surface area contributed by atoms with Crippen LogP contribution in [0.2, 0.25) is 0 Å². The van der Waals surface area contributed by atoms with Crippen LogP contribution in [0.15, 0.2) is 0 Å². The van der Waals surface area contributed by atoms with Crippen LogP contribution in [0, 0.1) is 25.7 Å². The minimum absolute atomic E-state index is 0.0413. The standard InChI is InChI=1S/C22H34N2O4/c1-7-28-22(27)20-15(4)19(16(5)23(20)6)18(25)13-24(12-14(2)3)21(26)17-10-8-9-11-17/h14,17H,7-13H2,1-6H3. The molecule has 0 N–H and O–H groups in total. The second-order valence-corrected chi connectivity index (χ2v) is 8.23. The minimum atomic E-state index is -0.425. The fourth-order valence-corrected chi connectivity index (χ4v) is 4.23. The smallest absolute Gasteiger partial charge is 0.355 e. The zero-order valence-electron chi connectivity index (χ0n) is 18.1. The van der Waals surface area contributed by atoms with Crippen molar-refractivity contribution in [3.8, 4) is 0 Å². The van der Waals surface area contributed by atoms with E-state index in [9.17, 15) is 14.4 Å². The Balaban J connectivity index is 2.29. The van der Waals surface area contributed by atoms with Crippen molar-refractivity contribution in [2.24, 2.45) is 18.9 Å². The molecule has 1 amide bonds. The number of esters is 1. The summed E-state index contributed by atoms with van der Waals surface area (Å²) in [4.78, 5) is 40.2. The molecule has 28 heavy (non-hydrogen) atoms. The molecule has 0 aliphatic heterocycles. The van der Waals surface area contributed by atoms with Crippen LogP contribution in [0.5, 0.6) is 0 Å². The molecule has 6 heteroatoms. The number of hydrogen-bond acceptors (Lipinski definition) is 4. The first-order valence-electron chi connectivity index (χ1n) is 10.3. The Morgan fingerprint density at radius 1 is 1.18 bits per heavy atom. The van der Waals surface area contributed by atoms with E-state index < -0.39 is 5.97 Å². The molecule has 1 aliphatic carbocycles. The molecule has 2 rings (SSSR count). The van der Waals surface area contributed by atoms with E-state index in [0.29, 0.717) is 23.4 Å². The summed E-state index contributed by atoms with van der Waals surface area (Å²) in [5, 5.41) is 0. The normalized spacial score (nSPS) is 14.5. The van der Waals surface area contributed by atoms with E-state index in [-0.39, 0.29) is 36.7 Å². The number of hydrogen-bond donors (Lipinski definition) is 0. The molecule has 0 bridgehead atoms. The number of nitrogens with zero attached hydrogens (tertiary/aromatic N) is 2. The summed E-state index contributed by atoms with van der Waals surface area (Å²) < 4.78 is 6.86. The van der Waals surface area contributed by atoms with Crippen molar-refractivity contribution in [2.45, 2.75) is 60.3 Å². The molecule has 0 atom stereocenters. The van der Waals surface area contributed by atoms with Crippen LogP contribution < -0.4 is 0 Å². The monoisotopic (exact) mass is 390 g/mol. The molecule has 0 aromatic carbocycles. The lowest BCUT2D eigenvalue weighted by Crippen LogP contribution is -2.41. The van der Waals surface area contributed by atoms with Gasteiger partial charge < -0.3 is 14.2 Å². The van der Waals surface area contributed by atoms with Gasteiger partial charge in [-0.25, -0.2) is 4.79 Å². The third kappa shape index (κ3) is 4.65. The van der Waals surface area contributed by atoms with Gasteiger partial charge in [0.25, 0.3) is 0 Å². The van der Waals surface area contributed by atoms with Gasteiger partial charge in [-0.1, -0.05) is 26.7 Å². The topological polar surface area (TPSA) is 68.6 Å². The summed E-state index contributed by atoms with van der Waals surface area (Å²) in [7, 11) is 1.76. The van der Waals surface area contributed by atoms with Crippen molar-refractivity contribution >= 4 is 17.7 Å². The molecule has 0 saturated heterocycles. The van der Waals surface area contributed by atoms with Crippen LogP contribution >= 0.6 is 0 Å². The zero-order valence-corrected chi connectivity index (χ0v) is 18.1. The maximum absolute atomic E-state index is 13.2. The molecule has 0 radical (unpaired) electrons. The van der Waals surface area contributed by atoms with Gasteiger partial charge in [0.2, 0.25) is 5.91 Å². The predicted octanol–water partition coefficient (Wildman–Crippen LogP) is 3.68. The predicted molar refractivity (Wildman–Crippen MR) is 109 cm³/mol. The Hall–Kier alpha value is -2.11. The molecule has 6 nitrogen and oxygen atoms in total. The van der Waals surface area contributed by atoms with Crippen LogP contribution in [0.4, 0.5) is 0 Å². The van der Waals surface area contributed by atoms with E-state index in [2.05, 4.69) is 13.8 Å². The van der Waals surface area contributed by atoms with E-state index in [1.54, 1.807) is 30.4 Å². The van der Waals surface area contributed by atoms with E-state index in [1.165, 1.54) is 0 Å². The average molecular weight is 391 g/mol. The highest BCUT2D eigenvalue weighted by molar-refractivity contribution is 6.04. The van der Waals surface area contributed by atoms with Gasteiger partial charge in [0.05, 0.1) is 13.2 Å². The Bertz CT molecular complexity index is 742. The van der Waals surface area contributed by atoms with Gasteiger partial charge in [-0.3, -0.25) is 9.59 Å². The highest BCUT2D eigenvalue weighted by Crippen LogP contribution is 2.28. The lowest BCUT2D eigenvalue weighted by Gasteiger charge is -2.27. The maximum atomic E-state index is 13.2. The molecule has 0 spiro atoms. The number of carbonyl (C=O) groups is 3. The highest BCUT2D eigenvalue weighted by Gasteiger charge is 2.31. The van der Waals surface area contributed by atoms with E-state index >= 15 is 0 Å². The second kappa shape index (κ2) is 9.39. The lowest BCUT2D eigenvalue weighted by molar-refractivity contribution is -0.135. The molecule has 1 aliphatic rings. The molecular formula is C22H34N2O4. The fraction of sp³-hybridized carbons (Fsp3) is 0.682. The number of carbonyl (C=O) groups excluding carboxylic acids is 3. The SMILES string of the molecule is CCOC(=O)c1c(C)c(C(=O)CN(CC(C)C)C(=O)C2CCCC2)c(C)n1C. The number of aromatic nitrogens is 1. The Morgan fingerprint density at radius 2 is 1.79 bits per heavy atom. The van der Waals surface area contributed by atoms with Crippen LogP contribution in [0.25, 0.3) is 0 Å². The molecule has 156 valence electrons. The van der Waals surface area contributed by atoms with Crippen molar-refractivity contribution in [3.63, 3.8) is 0 Å². The molecule has 1 heterocycles. The van der Waals surface area contributed by atoms with Gasteiger partial charge in [0.1, 0.15) is 5.69 Å². The molecule has 1 aromatic rings. The molecule has 1 aromatic heterocycles. The lowest BCUT2D eigenvalue weighted by atomic mass is 10.0. The fourth-order valence-electron chi connectivity index (χ4n) is 4.23. The summed E-state index contributed by atoms with van der Waals surface area (Å²) >= 11 is 0. The number of ketones is 1. The van der Waals surface area contributed by atoms with Crippen LogP contribution in [-0.2, 0) is 16.6 Å². The minimum Gasteiger partial charge on any atom is -0.461 e. The van der Waals surface area contributed by atoms with Gasteiger partial charge >= 0.3 is 5.97 Å². The third-order valence-electron chi connectivity index (χ3n) is 5.61. The quantitative estimate of drug-likeness (QED) is 0.502. The Morgan fingerprint density at radius 3 is 2.32 bits per heavy atom. The van der Waals surface area contributed by atoms with Gasteiger partial charge in [-0.05, 0) is 45.1 Å². The molecule has 1 saturated carbocycles. The molecular weight excluding hydrogens is 356 g/mol. The summed E-state index contributed by atoms with van der Waals surface area (Å²) in [6.45, 7) is 10.4. The van der Waals surface area contributed by atoms with Crippen molar-refractivity contribution in [1.29, 1.82) is 0 Å². The van der Waals surface area contributed by atoms with Gasteiger partial charge in [-0.2, -0.15) is 0 Å². The van der Waals surface area contributed by atoms with E-state index in [4.69, 9.17) is 4.74 Å².